The Bertz CT molecular complexity index is 785. The number of para-hydroxylation sites is 4. The van der Waals surface area contributed by atoms with Gasteiger partial charge in [-0.2, -0.15) is 0 Å². The van der Waals surface area contributed by atoms with Crippen LogP contribution in [0.5, 0.6) is 0 Å². The van der Waals surface area contributed by atoms with E-state index in [1.807, 2.05) is 0 Å². The van der Waals surface area contributed by atoms with Crippen molar-refractivity contribution in [2.45, 2.75) is 0 Å². The van der Waals surface area contributed by atoms with Gasteiger partial charge in [0.05, 0.1) is 0 Å². The van der Waals surface area contributed by atoms with Crippen LogP contribution in [0.25, 0.3) is 0 Å². The average molecular weight is 477 g/mol. The van der Waals surface area contributed by atoms with Gasteiger partial charge in [-0.1, -0.05) is 0 Å². The van der Waals surface area contributed by atoms with Crippen molar-refractivity contribution in [1.82, 2.24) is 0 Å². The summed E-state index contributed by atoms with van der Waals surface area (Å²) in [5.41, 5.74) is 5.01. The van der Waals surface area contributed by atoms with Crippen molar-refractivity contribution >= 4 is 22.7 Å². The number of rotatable bonds is 6. The molecule has 0 saturated carbocycles. The fourth-order valence-electron chi connectivity index (χ4n) is 2.94. The molecule has 4 aromatic carbocycles. The van der Waals surface area contributed by atoms with Gasteiger partial charge in [-0.25, -0.2) is 0 Å². The molecule has 0 fully saturated rings. The molecule has 2 nitrogen and oxygen atoms in total. The van der Waals surface area contributed by atoms with Gasteiger partial charge in [0.25, 0.3) is 0 Å². The Labute approximate surface area is 182 Å². The normalized spacial score (nSPS) is 10.2. The van der Waals surface area contributed by atoms with Crippen molar-refractivity contribution < 1.29 is 38.3 Å². The van der Waals surface area contributed by atoms with Crippen LogP contribution in [0.1, 0.15) is 0 Å². The van der Waals surface area contributed by atoms with Crippen LogP contribution in [-0.2, 0) is 0 Å². The molecule has 0 aliphatic heterocycles. The third-order valence-electron chi connectivity index (χ3n) is 4.26. The molecule has 0 atom stereocenters. The van der Waals surface area contributed by atoms with Gasteiger partial charge in [0, 0.05) is 0 Å². The van der Waals surface area contributed by atoms with E-state index < -0.39 is 38.3 Å². The van der Waals surface area contributed by atoms with Crippen molar-refractivity contribution in [1.29, 1.82) is 0 Å². The molecule has 0 unspecified atom stereocenters. The van der Waals surface area contributed by atoms with E-state index in [1.54, 1.807) is 0 Å². The van der Waals surface area contributed by atoms with E-state index in [0.717, 1.165) is 0 Å². The summed E-state index contributed by atoms with van der Waals surface area (Å²) in [6, 6.07) is 42.8. The summed E-state index contributed by atoms with van der Waals surface area (Å²) in [5.74, 6) is 0. The summed E-state index contributed by atoms with van der Waals surface area (Å²) >= 11 is -1.53. The molecule has 0 aliphatic rings. The van der Waals surface area contributed by atoms with Crippen LogP contribution in [0.3, 0.4) is 0 Å². The molecule has 0 heterocycles. The Morgan fingerprint density at radius 3 is 0.778 bits per heavy atom. The Balaban J connectivity index is 1.77. The van der Waals surface area contributed by atoms with Gasteiger partial charge in [0.2, 0.25) is 0 Å². The fourth-order valence-corrected chi connectivity index (χ4v) is 6.89. The molecule has 0 spiro atoms. The van der Waals surface area contributed by atoms with E-state index in [1.165, 1.54) is 22.7 Å². The first-order valence-corrected chi connectivity index (χ1v) is 11.8. The second-order valence-electron chi connectivity index (χ2n) is 6.11. The third kappa shape index (κ3) is 4.58. The van der Waals surface area contributed by atoms with Crippen LogP contribution in [0, 0.1) is 38.3 Å². The standard InChI is InChI=1S/2C12H10N.Ce/c2*1-3-7-11(8-4-1)13-12-9-5-2-6-10-12;/h2*1-10H;/q2*-1;+2. The predicted octanol–water partition coefficient (Wildman–Crippen LogP) is 6.58. The molecule has 0 bridgehead atoms. The predicted molar refractivity (Wildman–Crippen MR) is 110 cm³/mol. The first kappa shape index (κ1) is 18.2. The Kier molecular flexibility index (Phi) is 6.20. The van der Waals surface area contributed by atoms with Crippen LogP contribution in [0.2, 0.25) is 0 Å². The average Bonchev–Trinajstić information content (AvgIpc) is 2.77. The van der Waals surface area contributed by atoms with Gasteiger partial charge in [-0.15, -0.1) is 0 Å². The number of benzene rings is 4. The summed E-state index contributed by atoms with van der Waals surface area (Å²) in [5, 5.41) is 0. The number of anilines is 4. The van der Waals surface area contributed by atoms with Crippen molar-refractivity contribution in [3.05, 3.63) is 121 Å². The van der Waals surface area contributed by atoms with Crippen LogP contribution in [-0.4, -0.2) is 0 Å². The molecule has 0 aliphatic carbocycles. The summed E-state index contributed by atoms with van der Waals surface area (Å²) in [6.45, 7) is 0. The molecule has 4 aromatic rings. The van der Waals surface area contributed by atoms with Crippen LogP contribution in [0.15, 0.2) is 121 Å². The molecule has 0 N–H and O–H groups in total. The summed E-state index contributed by atoms with van der Waals surface area (Å²) in [4.78, 5) is 0. The molecule has 0 aromatic heterocycles. The van der Waals surface area contributed by atoms with Crippen molar-refractivity contribution in [2.75, 3.05) is 1.73 Å². The summed E-state index contributed by atoms with van der Waals surface area (Å²) < 4.78 is 5.06. The zero-order valence-electron chi connectivity index (χ0n) is 14.9. The topological polar surface area (TPSA) is 6.48 Å². The second kappa shape index (κ2) is 9.17. The monoisotopic (exact) mass is 476 g/mol. The van der Waals surface area contributed by atoms with Gasteiger partial charge < -0.3 is 0 Å². The first-order valence-electron chi connectivity index (χ1n) is 8.98. The zero-order chi connectivity index (χ0) is 18.3. The van der Waals surface area contributed by atoms with E-state index in [0.29, 0.717) is 0 Å². The maximum atomic E-state index is 2.53. The first-order chi connectivity index (χ1) is 13.4. The molecule has 0 amide bonds. The van der Waals surface area contributed by atoms with E-state index >= 15 is 0 Å². The summed E-state index contributed by atoms with van der Waals surface area (Å²) in [7, 11) is 0. The minimum atomic E-state index is -1.53. The van der Waals surface area contributed by atoms with Gasteiger partial charge in [0.15, 0.2) is 0 Å². The van der Waals surface area contributed by atoms with E-state index in [2.05, 4.69) is 123 Å². The van der Waals surface area contributed by atoms with Crippen LogP contribution < -0.4 is 1.73 Å². The molecule has 0 saturated heterocycles. The quantitative estimate of drug-likeness (QED) is 0.310. The molecule has 0 radical (unpaired) electrons. The molecule has 3 heteroatoms. The number of hydrogen-bond donors (Lipinski definition) is 0. The molecule has 130 valence electrons. The minimum absolute atomic E-state index is 1.25. The van der Waals surface area contributed by atoms with E-state index in [9.17, 15) is 0 Å². The number of nitrogens with zero attached hydrogens (tertiary/aromatic N) is 2. The molecular weight excluding hydrogens is 456 g/mol. The van der Waals surface area contributed by atoms with Crippen LogP contribution in [0.4, 0.5) is 22.7 Å². The fraction of sp³-hybridized carbons (Fsp3) is 0. The number of hydrogen-bond acceptors (Lipinski definition) is 2. The van der Waals surface area contributed by atoms with Crippen molar-refractivity contribution in [3.63, 3.8) is 0 Å². The molecule has 27 heavy (non-hydrogen) atoms. The van der Waals surface area contributed by atoms with Gasteiger partial charge >= 0.3 is 184 Å². The Morgan fingerprint density at radius 2 is 0.556 bits per heavy atom. The van der Waals surface area contributed by atoms with Gasteiger partial charge in [-0.3, -0.25) is 0 Å². The Hall–Kier alpha value is -2.14. The van der Waals surface area contributed by atoms with Gasteiger partial charge in [-0.05, 0) is 0 Å². The van der Waals surface area contributed by atoms with Crippen LogP contribution >= 0.6 is 0 Å². The molecule has 4 rings (SSSR count). The van der Waals surface area contributed by atoms with Crippen molar-refractivity contribution in [2.24, 2.45) is 0 Å². The Morgan fingerprint density at radius 1 is 0.333 bits per heavy atom. The van der Waals surface area contributed by atoms with E-state index in [4.69, 9.17) is 0 Å². The molecular formula is C24H20CeN2. The maximum absolute atomic E-state index is 2.53. The summed E-state index contributed by atoms with van der Waals surface area (Å²) in [6.07, 6.45) is 0. The SMILES string of the molecule is c1ccc([N]([Ce][N](c2ccccc2)c2ccccc2)c2ccccc2)cc1. The third-order valence-corrected chi connectivity index (χ3v) is 8.76. The van der Waals surface area contributed by atoms with Gasteiger partial charge in [0.1, 0.15) is 0 Å². The van der Waals surface area contributed by atoms with E-state index in [-0.39, 0.29) is 0 Å². The second-order valence-corrected chi connectivity index (χ2v) is 9.55. The van der Waals surface area contributed by atoms with Crippen molar-refractivity contribution in [3.8, 4) is 0 Å². The zero-order valence-corrected chi connectivity index (χ0v) is 18.1.